The van der Waals surface area contributed by atoms with Gasteiger partial charge in [-0.05, 0) is 38.3 Å². The molecule has 3 heterocycles. The first kappa shape index (κ1) is 15.7. The fraction of sp³-hybridized carbons (Fsp3) is 0.647. The van der Waals surface area contributed by atoms with E-state index in [0.29, 0.717) is 5.92 Å². The van der Waals surface area contributed by atoms with Crippen LogP contribution in [0.15, 0.2) is 12.1 Å². The lowest BCUT2D eigenvalue weighted by Gasteiger charge is -2.21. The minimum absolute atomic E-state index is 0.598. The van der Waals surface area contributed by atoms with Crippen molar-refractivity contribution in [3.8, 4) is 0 Å². The van der Waals surface area contributed by atoms with Crippen LogP contribution in [0.2, 0.25) is 0 Å². The molecule has 1 saturated carbocycles. The van der Waals surface area contributed by atoms with Crippen molar-refractivity contribution < 1.29 is 0 Å². The lowest BCUT2D eigenvalue weighted by molar-refractivity contribution is 0.678. The Morgan fingerprint density at radius 1 is 0.958 bits per heavy atom. The van der Waals surface area contributed by atoms with E-state index in [1.807, 2.05) is 13.0 Å². The number of hydrogen-bond donors (Lipinski definition) is 0. The Hall–Kier alpha value is -1.76. The number of hydrogen-bond acceptors (Lipinski definition) is 7. The van der Waals surface area contributed by atoms with Gasteiger partial charge >= 0.3 is 0 Å². The van der Waals surface area contributed by atoms with Crippen molar-refractivity contribution in [3.05, 3.63) is 23.7 Å². The molecule has 0 spiro atoms. The summed E-state index contributed by atoms with van der Waals surface area (Å²) >= 11 is 1.57. The van der Waals surface area contributed by atoms with Crippen LogP contribution in [0.25, 0.3) is 0 Å². The summed E-state index contributed by atoms with van der Waals surface area (Å²) in [5, 5.41) is 9.61. The van der Waals surface area contributed by atoms with Crippen LogP contribution in [0.1, 0.15) is 49.5 Å². The third-order valence-corrected chi connectivity index (χ3v) is 5.82. The Labute approximate surface area is 147 Å². The zero-order chi connectivity index (χ0) is 16.4. The second-order valence-corrected chi connectivity index (χ2v) is 7.51. The van der Waals surface area contributed by atoms with Gasteiger partial charge in [0.25, 0.3) is 0 Å². The van der Waals surface area contributed by atoms with Gasteiger partial charge in [-0.2, -0.15) is 9.47 Å². The minimum atomic E-state index is 0.598. The van der Waals surface area contributed by atoms with Crippen molar-refractivity contribution in [2.75, 3.05) is 36.0 Å². The Bertz CT molecular complexity index is 664. The fourth-order valence-corrected chi connectivity index (χ4v) is 4.40. The Kier molecular flexibility index (Phi) is 4.60. The monoisotopic (exact) mass is 344 g/mol. The van der Waals surface area contributed by atoms with Gasteiger partial charge in [-0.25, -0.2) is 4.98 Å². The second-order valence-electron chi connectivity index (χ2n) is 6.78. The molecule has 1 aliphatic heterocycles. The predicted octanol–water partition coefficient (Wildman–Crippen LogP) is 3.01. The molecule has 2 aromatic heterocycles. The summed E-state index contributed by atoms with van der Waals surface area (Å²) in [7, 11) is 0. The van der Waals surface area contributed by atoms with E-state index in [0.717, 1.165) is 55.1 Å². The summed E-state index contributed by atoms with van der Waals surface area (Å²) in [4.78, 5) is 9.57. The summed E-state index contributed by atoms with van der Waals surface area (Å²) < 4.78 is 4.64. The molecule has 0 bridgehead atoms. The molecule has 128 valence electrons. The zero-order valence-corrected chi connectivity index (χ0v) is 15.0. The maximum absolute atomic E-state index is 4.85. The SMILES string of the molecule is Cc1ccc(N2CCCN(c3nc(C4CCCC4)ns3)CC2)nn1. The van der Waals surface area contributed by atoms with Crippen LogP contribution in [0, 0.1) is 6.92 Å². The molecule has 2 aromatic rings. The van der Waals surface area contributed by atoms with Crippen molar-refractivity contribution >= 4 is 22.5 Å². The highest BCUT2D eigenvalue weighted by atomic mass is 32.1. The van der Waals surface area contributed by atoms with Crippen LogP contribution in [0.5, 0.6) is 0 Å². The molecule has 0 amide bonds. The molecule has 0 N–H and O–H groups in total. The van der Waals surface area contributed by atoms with E-state index in [4.69, 9.17) is 4.98 Å². The number of rotatable bonds is 3. The topological polar surface area (TPSA) is 58.0 Å². The molecule has 0 unspecified atom stereocenters. The van der Waals surface area contributed by atoms with Crippen molar-refractivity contribution in [1.82, 2.24) is 19.6 Å². The summed E-state index contributed by atoms with van der Waals surface area (Å²) in [5.74, 6) is 2.66. The standard InChI is InChI=1S/C17H24N6S/c1-13-7-8-15(20-19-13)22-9-4-10-23(12-11-22)17-18-16(21-24-17)14-5-2-3-6-14/h7-8,14H,2-6,9-12H2,1H3. The lowest BCUT2D eigenvalue weighted by Crippen LogP contribution is -2.31. The highest BCUT2D eigenvalue weighted by Crippen LogP contribution is 2.34. The van der Waals surface area contributed by atoms with E-state index in [2.05, 4.69) is 30.4 Å². The van der Waals surface area contributed by atoms with E-state index in [1.54, 1.807) is 11.5 Å². The second kappa shape index (κ2) is 7.01. The molecule has 4 rings (SSSR count). The predicted molar refractivity (Wildman–Crippen MR) is 96.9 cm³/mol. The van der Waals surface area contributed by atoms with Gasteiger partial charge in [0, 0.05) is 43.6 Å². The number of aryl methyl sites for hydroxylation is 1. The average molecular weight is 344 g/mol. The maximum atomic E-state index is 4.85. The van der Waals surface area contributed by atoms with Crippen LogP contribution in [-0.4, -0.2) is 45.7 Å². The molecule has 0 aromatic carbocycles. The summed E-state index contributed by atoms with van der Waals surface area (Å²) in [6.07, 6.45) is 6.28. The molecule has 24 heavy (non-hydrogen) atoms. The average Bonchev–Trinajstić information content (AvgIpc) is 3.23. The molecule has 2 fully saturated rings. The summed E-state index contributed by atoms with van der Waals surface area (Å²) in [6.45, 7) is 5.95. The molecular weight excluding hydrogens is 320 g/mol. The molecule has 0 atom stereocenters. The number of nitrogens with zero attached hydrogens (tertiary/aromatic N) is 6. The first-order chi connectivity index (χ1) is 11.8. The molecule has 1 saturated heterocycles. The fourth-order valence-electron chi connectivity index (χ4n) is 3.60. The summed E-state index contributed by atoms with van der Waals surface area (Å²) in [5.41, 5.74) is 0.962. The Morgan fingerprint density at radius 3 is 2.54 bits per heavy atom. The Morgan fingerprint density at radius 2 is 1.75 bits per heavy atom. The first-order valence-corrected chi connectivity index (χ1v) is 9.71. The van der Waals surface area contributed by atoms with Gasteiger partial charge in [0.15, 0.2) is 5.82 Å². The normalized spacial score (nSPS) is 19.7. The third kappa shape index (κ3) is 3.36. The van der Waals surface area contributed by atoms with Crippen LogP contribution in [0.4, 0.5) is 10.9 Å². The smallest absolute Gasteiger partial charge is 0.205 e. The molecule has 2 aliphatic rings. The highest BCUT2D eigenvalue weighted by molar-refractivity contribution is 7.09. The van der Waals surface area contributed by atoms with Gasteiger partial charge in [-0.1, -0.05) is 12.8 Å². The third-order valence-electron chi connectivity index (χ3n) is 5.03. The van der Waals surface area contributed by atoms with Crippen molar-refractivity contribution in [1.29, 1.82) is 0 Å². The van der Waals surface area contributed by atoms with E-state index in [9.17, 15) is 0 Å². The Balaban J connectivity index is 1.42. The van der Waals surface area contributed by atoms with E-state index >= 15 is 0 Å². The van der Waals surface area contributed by atoms with Gasteiger partial charge in [-0.15, -0.1) is 5.10 Å². The van der Waals surface area contributed by atoms with Gasteiger partial charge in [0.1, 0.15) is 5.82 Å². The van der Waals surface area contributed by atoms with Crippen molar-refractivity contribution in [2.24, 2.45) is 0 Å². The quantitative estimate of drug-likeness (QED) is 0.853. The number of anilines is 2. The number of aromatic nitrogens is 4. The zero-order valence-electron chi connectivity index (χ0n) is 14.2. The van der Waals surface area contributed by atoms with Gasteiger partial charge in [-0.3, -0.25) is 0 Å². The molecule has 1 aliphatic carbocycles. The van der Waals surface area contributed by atoms with Crippen LogP contribution >= 0.6 is 11.5 Å². The largest absolute Gasteiger partial charge is 0.353 e. The summed E-state index contributed by atoms with van der Waals surface area (Å²) in [6, 6.07) is 4.10. The molecular formula is C17H24N6S. The molecule has 0 radical (unpaired) electrons. The highest BCUT2D eigenvalue weighted by Gasteiger charge is 2.24. The van der Waals surface area contributed by atoms with Crippen molar-refractivity contribution in [3.63, 3.8) is 0 Å². The van der Waals surface area contributed by atoms with Gasteiger partial charge < -0.3 is 9.80 Å². The van der Waals surface area contributed by atoms with Crippen LogP contribution in [-0.2, 0) is 0 Å². The van der Waals surface area contributed by atoms with E-state index in [1.165, 1.54) is 25.7 Å². The lowest BCUT2D eigenvalue weighted by atomic mass is 10.1. The molecule has 7 heteroatoms. The van der Waals surface area contributed by atoms with Gasteiger partial charge in [0.2, 0.25) is 5.13 Å². The molecule has 6 nitrogen and oxygen atoms in total. The first-order valence-electron chi connectivity index (χ1n) is 8.93. The minimum Gasteiger partial charge on any atom is -0.353 e. The van der Waals surface area contributed by atoms with Gasteiger partial charge in [0.05, 0.1) is 5.69 Å². The maximum Gasteiger partial charge on any atom is 0.205 e. The van der Waals surface area contributed by atoms with Crippen molar-refractivity contribution in [2.45, 2.75) is 44.9 Å². The van der Waals surface area contributed by atoms with Crippen LogP contribution in [0.3, 0.4) is 0 Å². The van der Waals surface area contributed by atoms with E-state index in [-0.39, 0.29) is 0 Å². The van der Waals surface area contributed by atoms with Crippen LogP contribution < -0.4 is 9.80 Å². The van der Waals surface area contributed by atoms with E-state index < -0.39 is 0 Å².